The number of carbonyl (C=O) groups is 2. The molecule has 20 heavy (non-hydrogen) atoms. The van der Waals surface area contributed by atoms with Crippen molar-refractivity contribution in [3.63, 3.8) is 0 Å². The normalized spacial score (nSPS) is 17.4. The van der Waals surface area contributed by atoms with Crippen molar-refractivity contribution >= 4 is 39.3 Å². The molecule has 2 heterocycles. The highest BCUT2D eigenvalue weighted by Gasteiger charge is 2.41. The van der Waals surface area contributed by atoms with Crippen molar-refractivity contribution in [1.29, 1.82) is 0 Å². The molecular weight excluding hydrogens is 348 g/mol. The zero-order valence-corrected chi connectivity index (χ0v) is 13.1. The van der Waals surface area contributed by atoms with E-state index in [0.717, 1.165) is 9.35 Å². The molecular formula is C12H15BrN2O4S. The summed E-state index contributed by atoms with van der Waals surface area (Å²) in [5, 5.41) is 16.5. The van der Waals surface area contributed by atoms with Crippen molar-refractivity contribution in [2.24, 2.45) is 0 Å². The highest BCUT2D eigenvalue weighted by molar-refractivity contribution is 9.10. The van der Waals surface area contributed by atoms with Crippen LogP contribution in [0.4, 0.5) is 4.79 Å². The minimum atomic E-state index is -1.23. The number of amides is 2. The first-order valence-corrected chi connectivity index (χ1v) is 7.80. The molecule has 0 radical (unpaired) electrons. The van der Waals surface area contributed by atoms with Gasteiger partial charge in [-0.05, 0) is 27.4 Å². The van der Waals surface area contributed by atoms with Crippen molar-refractivity contribution in [3.8, 4) is 0 Å². The number of thiophene rings is 1. The Kier molecular flexibility index (Phi) is 5.00. The second-order valence-electron chi connectivity index (χ2n) is 4.50. The number of aliphatic carboxylic acids is 1. The number of carboxylic acid groups (broad SMARTS) is 1. The van der Waals surface area contributed by atoms with Crippen molar-refractivity contribution in [3.05, 3.63) is 20.8 Å². The molecule has 1 aliphatic heterocycles. The van der Waals surface area contributed by atoms with Crippen molar-refractivity contribution < 1.29 is 19.4 Å². The topological polar surface area (TPSA) is 87.7 Å². The van der Waals surface area contributed by atoms with E-state index >= 15 is 0 Å². The zero-order valence-electron chi connectivity index (χ0n) is 10.6. The van der Waals surface area contributed by atoms with Crippen LogP contribution < -0.4 is 10.6 Å². The van der Waals surface area contributed by atoms with Gasteiger partial charge in [-0.1, -0.05) is 0 Å². The lowest BCUT2D eigenvalue weighted by Crippen LogP contribution is -2.59. The minimum Gasteiger partial charge on any atom is -0.480 e. The van der Waals surface area contributed by atoms with Crippen LogP contribution in [0.25, 0.3) is 0 Å². The SMILES string of the molecule is O=C(NCc1sccc1Br)NC1(C(=O)O)CCOCC1. The Labute approximate surface area is 128 Å². The zero-order chi connectivity index (χ0) is 14.6. The van der Waals surface area contributed by atoms with Gasteiger partial charge in [-0.25, -0.2) is 9.59 Å². The van der Waals surface area contributed by atoms with Crippen LogP contribution >= 0.6 is 27.3 Å². The standard InChI is InChI=1S/C12H15BrN2O4S/c13-8-1-6-20-9(8)7-14-11(18)15-12(10(16)17)2-4-19-5-3-12/h1,6H,2-5,7H2,(H,16,17)(H2,14,15,18). The number of rotatable bonds is 4. The first-order chi connectivity index (χ1) is 9.53. The monoisotopic (exact) mass is 362 g/mol. The van der Waals surface area contributed by atoms with Gasteiger partial charge in [0.25, 0.3) is 0 Å². The second-order valence-corrected chi connectivity index (χ2v) is 6.35. The van der Waals surface area contributed by atoms with Gasteiger partial charge in [0, 0.05) is 35.4 Å². The lowest BCUT2D eigenvalue weighted by Gasteiger charge is -2.33. The van der Waals surface area contributed by atoms with Gasteiger partial charge < -0.3 is 20.5 Å². The summed E-state index contributed by atoms with van der Waals surface area (Å²) in [5.41, 5.74) is -1.23. The molecule has 8 heteroatoms. The Morgan fingerprint density at radius 2 is 2.15 bits per heavy atom. The van der Waals surface area contributed by atoms with Crippen molar-refractivity contribution in [1.82, 2.24) is 10.6 Å². The first kappa shape index (κ1) is 15.3. The largest absolute Gasteiger partial charge is 0.480 e. The van der Waals surface area contributed by atoms with Crippen LogP contribution in [0.1, 0.15) is 17.7 Å². The number of nitrogens with one attached hydrogen (secondary N) is 2. The van der Waals surface area contributed by atoms with Crippen molar-refractivity contribution in [2.75, 3.05) is 13.2 Å². The summed E-state index contributed by atoms with van der Waals surface area (Å²) < 4.78 is 6.08. The third-order valence-electron chi connectivity index (χ3n) is 3.21. The van der Waals surface area contributed by atoms with E-state index in [-0.39, 0.29) is 12.8 Å². The minimum absolute atomic E-state index is 0.276. The molecule has 1 aromatic rings. The summed E-state index contributed by atoms with van der Waals surface area (Å²) in [4.78, 5) is 24.3. The molecule has 1 aromatic heterocycles. The summed E-state index contributed by atoms with van der Waals surface area (Å²) in [7, 11) is 0. The van der Waals surface area contributed by atoms with Crippen LogP contribution in [0.5, 0.6) is 0 Å². The molecule has 2 rings (SSSR count). The second kappa shape index (κ2) is 6.55. The fourth-order valence-corrected chi connectivity index (χ4v) is 3.42. The lowest BCUT2D eigenvalue weighted by molar-refractivity contribution is -0.148. The number of halogens is 1. The third-order valence-corrected chi connectivity index (χ3v) is 5.14. The number of ether oxygens (including phenoxy) is 1. The Morgan fingerprint density at radius 1 is 1.45 bits per heavy atom. The molecule has 2 amide bonds. The van der Waals surface area contributed by atoms with E-state index in [4.69, 9.17) is 4.74 Å². The molecule has 0 aromatic carbocycles. The number of carbonyl (C=O) groups excluding carboxylic acids is 1. The fraction of sp³-hybridized carbons (Fsp3) is 0.500. The van der Waals surface area contributed by atoms with E-state index in [1.807, 2.05) is 11.4 Å². The molecule has 0 spiro atoms. The van der Waals surface area contributed by atoms with E-state index in [1.54, 1.807) is 0 Å². The Bertz CT molecular complexity index is 499. The molecule has 6 nitrogen and oxygen atoms in total. The van der Waals surface area contributed by atoms with Gasteiger partial charge in [0.05, 0.1) is 6.54 Å². The maximum absolute atomic E-state index is 11.9. The average molecular weight is 363 g/mol. The van der Waals surface area contributed by atoms with E-state index < -0.39 is 17.5 Å². The molecule has 1 saturated heterocycles. The molecule has 0 saturated carbocycles. The molecule has 110 valence electrons. The van der Waals surface area contributed by atoms with Gasteiger partial charge in [-0.15, -0.1) is 11.3 Å². The summed E-state index contributed by atoms with van der Waals surface area (Å²) >= 11 is 4.89. The van der Waals surface area contributed by atoms with Crippen LogP contribution in [0.2, 0.25) is 0 Å². The summed E-state index contributed by atoms with van der Waals surface area (Å²) in [6.07, 6.45) is 0.552. The van der Waals surface area contributed by atoms with Gasteiger partial charge in [-0.3, -0.25) is 0 Å². The molecule has 0 unspecified atom stereocenters. The number of urea groups is 1. The van der Waals surface area contributed by atoms with Crippen LogP contribution in [0.15, 0.2) is 15.9 Å². The molecule has 0 atom stereocenters. The molecule has 1 aliphatic rings. The molecule has 0 aliphatic carbocycles. The summed E-state index contributed by atoms with van der Waals surface area (Å²) in [6.45, 7) is 1.03. The van der Waals surface area contributed by atoms with Crippen molar-refractivity contribution in [2.45, 2.75) is 24.9 Å². The van der Waals surface area contributed by atoms with Crippen LogP contribution in [-0.2, 0) is 16.1 Å². The Balaban J connectivity index is 1.92. The third kappa shape index (κ3) is 3.50. The van der Waals surface area contributed by atoms with E-state index in [1.165, 1.54) is 11.3 Å². The van der Waals surface area contributed by atoms with E-state index in [9.17, 15) is 14.7 Å². The number of carboxylic acids is 1. The van der Waals surface area contributed by atoms with E-state index in [2.05, 4.69) is 26.6 Å². The highest BCUT2D eigenvalue weighted by Crippen LogP contribution is 2.23. The van der Waals surface area contributed by atoms with Gasteiger partial charge in [-0.2, -0.15) is 0 Å². The van der Waals surface area contributed by atoms with E-state index in [0.29, 0.717) is 19.8 Å². The maximum atomic E-state index is 11.9. The molecule has 0 bridgehead atoms. The van der Waals surface area contributed by atoms with Gasteiger partial charge in [0.1, 0.15) is 5.54 Å². The van der Waals surface area contributed by atoms with Gasteiger partial charge >= 0.3 is 12.0 Å². The predicted octanol–water partition coefficient (Wildman–Crippen LogP) is 1.94. The molecule has 1 fully saturated rings. The average Bonchev–Trinajstić information content (AvgIpc) is 2.83. The summed E-state index contributed by atoms with van der Waals surface area (Å²) in [6, 6.07) is 1.42. The first-order valence-electron chi connectivity index (χ1n) is 6.12. The smallest absolute Gasteiger partial charge is 0.329 e. The fourth-order valence-electron chi connectivity index (χ4n) is 1.99. The quantitative estimate of drug-likeness (QED) is 0.763. The van der Waals surface area contributed by atoms with Crippen LogP contribution in [0, 0.1) is 0 Å². The van der Waals surface area contributed by atoms with Gasteiger partial charge in [0.15, 0.2) is 0 Å². The highest BCUT2D eigenvalue weighted by atomic mass is 79.9. The Morgan fingerprint density at radius 3 is 2.70 bits per heavy atom. The number of hydrogen-bond donors (Lipinski definition) is 3. The van der Waals surface area contributed by atoms with Gasteiger partial charge in [0.2, 0.25) is 0 Å². The predicted molar refractivity (Wildman–Crippen MR) is 77.8 cm³/mol. The van der Waals surface area contributed by atoms with Crippen LogP contribution in [0.3, 0.4) is 0 Å². The lowest BCUT2D eigenvalue weighted by atomic mass is 9.90. The van der Waals surface area contributed by atoms with Crippen LogP contribution in [-0.4, -0.2) is 35.9 Å². The maximum Gasteiger partial charge on any atom is 0.329 e. The molecule has 3 N–H and O–H groups in total. The number of hydrogen-bond acceptors (Lipinski definition) is 4. The summed E-state index contributed by atoms with van der Waals surface area (Å²) in [5.74, 6) is -1.02. The Hall–Kier alpha value is -1.12.